The Morgan fingerprint density at radius 2 is 1.33 bits per heavy atom. The summed E-state index contributed by atoms with van der Waals surface area (Å²) in [5.41, 5.74) is 0. The van der Waals surface area contributed by atoms with Crippen molar-refractivity contribution in [2.24, 2.45) is 0 Å². The molecule has 18 heavy (non-hydrogen) atoms. The first kappa shape index (κ1) is 18.0. The van der Waals surface area contributed by atoms with Crippen LogP contribution in [-0.4, -0.2) is 26.4 Å². The molecule has 0 rings (SSSR count). The van der Waals surface area contributed by atoms with Gasteiger partial charge in [0.25, 0.3) is 0 Å². The van der Waals surface area contributed by atoms with Gasteiger partial charge in [-0.3, -0.25) is 0 Å². The van der Waals surface area contributed by atoms with E-state index in [2.05, 4.69) is 6.92 Å². The van der Waals surface area contributed by atoms with Gasteiger partial charge in [-0.2, -0.15) is 0 Å². The number of hydrogen-bond donors (Lipinski definition) is 0. The molecule has 0 amide bonds. The van der Waals surface area contributed by atoms with Crippen LogP contribution in [0, 0.1) is 0 Å². The summed E-state index contributed by atoms with van der Waals surface area (Å²) in [5, 5.41) is 1.06. The Balaban J connectivity index is 3.01. The second-order valence-corrected chi connectivity index (χ2v) is 6.88. The summed E-state index contributed by atoms with van der Waals surface area (Å²) in [7, 11) is 0. The molecule has 3 heteroatoms. The molecule has 0 aliphatic rings. The van der Waals surface area contributed by atoms with Gasteiger partial charge >= 0.3 is 119 Å². The van der Waals surface area contributed by atoms with Crippen molar-refractivity contribution in [2.45, 2.75) is 83.4 Å². The Kier molecular flexibility index (Phi) is 15.0. The zero-order chi connectivity index (χ0) is 13.5. The third kappa shape index (κ3) is 14.1. The number of ether oxygens (including phenoxy) is 1. The Morgan fingerprint density at radius 3 is 1.83 bits per heavy atom. The van der Waals surface area contributed by atoms with Crippen LogP contribution < -0.4 is 0 Å². The summed E-state index contributed by atoms with van der Waals surface area (Å²) in [5.74, 6) is 0. The van der Waals surface area contributed by atoms with Gasteiger partial charge in [0.05, 0.1) is 0 Å². The van der Waals surface area contributed by atoms with E-state index in [-0.39, 0.29) is 19.8 Å². The van der Waals surface area contributed by atoms with Gasteiger partial charge in [-0.15, -0.1) is 0 Å². The monoisotopic (exact) mass is 322 g/mol. The van der Waals surface area contributed by atoms with Crippen molar-refractivity contribution in [1.29, 1.82) is 0 Å². The zero-order valence-electron chi connectivity index (χ0n) is 12.2. The van der Waals surface area contributed by atoms with Crippen LogP contribution in [0.2, 0.25) is 5.32 Å². The standard InChI is InChI=1S/C15H30O2Se/c1-3-5-6-7-8-9-10-11-12-13-14-18-15(16)17-4-2/h3-14H2,1-2H3. The Labute approximate surface area is 119 Å². The molecule has 0 aromatic rings. The molecule has 0 aliphatic heterocycles. The molecule has 0 heterocycles. The van der Waals surface area contributed by atoms with Crippen molar-refractivity contribution in [1.82, 2.24) is 0 Å². The fourth-order valence-corrected chi connectivity index (χ4v) is 3.41. The van der Waals surface area contributed by atoms with Crippen LogP contribution in [0.25, 0.3) is 0 Å². The van der Waals surface area contributed by atoms with E-state index in [0.29, 0.717) is 6.61 Å². The Hall–Kier alpha value is -0.0105. The second-order valence-electron chi connectivity index (χ2n) is 4.71. The average molecular weight is 321 g/mol. The first-order chi connectivity index (χ1) is 8.81. The molecular weight excluding hydrogens is 291 g/mol. The topological polar surface area (TPSA) is 26.3 Å². The van der Waals surface area contributed by atoms with Crippen molar-refractivity contribution in [3.63, 3.8) is 0 Å². The Bertz CT molecular complexity index is 183. The summed E-state index contributed by atoms with van der Waals surface area (Å²) >= 11 is 0.0656. The van der Waals surface area contributed by atoms with Gasteiger partial charge in [-0.05, 0) is 0 Å². The maximum absolute atomic E-state index is 11.1. The molecule has 0 N–H and O–H groups in total. The first-order valence-corrected chi connectivity index (χ1v) is 9.67. The van der Waals surface area contributed by atoms with Gasteiger partial charge in [-0.1, -0.05) is 0 Å². The summed E-state index contributed by atoms with van der Waals surface area (Å²) in [6.45, 7) is 4.66. The van der Waals surface area contributed by atoms with E-state index in [4.69, 9.17) is 4.74 Å². The van der Waals surface area contributed by atoms with E-state index in [1.54, 1.807) is 0 Å². The maximum atomic E-state index is 11.1. The minimum absolute atomic E-state index is 0.0286. The molecule has 0 spiro atoms. The van der Waals surface area contributed by atoms with Gasteiger partial charge in [0, 0.05) is 0 Å². The SMILES string of the molecule is CCCCCCCCCCCC[Se]C(=O)OCC. The van der Waals surface area contributed by atoms with Crippen molar-refractivity contribution in [3.05, 3.63) is 0 Å². The number of carbonyl (C=O) groups excluding carboxylic acids is 1. The predicted molar refractivity (Wildman–Crippen MR) is 79.4 cm³/mol. The summed E-state index contributed by atoms with van der Waals surface area (Å²) in [6, 6.07) is 0. The van der Waals surface area contributed by atoms with E-state index < -0.39 is 0 Å². The van der Waals surface area contributed by atoms with Crippen LogP contribution in [0.5, 0.6) is 0 Å². The minimum atomic E-state index is 0.0286. The van der Waals surface area contributed by atoms with E-state index in [9.17, 15) is 4.79 Å². The van der Waals surface area contributed by atoms with Crippen LogP contribution >= 0.6 is 0 Å². The average Bonchev–Trinajstić information content (AvgIpc) is 2.36. The quantitative estimate of drug-likeness (QED) is 0.345. The fourth-order valence-electron chi connectivity index (χ4n) is 1.90. The number of unbranched alkanes of at least 4 members (excludes halogenated alkanes) is 9. The van der Waals surface area contributed by atoms with Crippen molar-refractivity contribution < 1.29 is 9.53 Å². The van der Waals surface area contributed by atoms with Gasteiger partial charge in [0.15, 0.2) is 0 Å². The normalized spacial score (nSPS) is 10.6. The molecule has 0 atom stereocenters. The third-order valence-corrected chi connectivity index (χ3v) is 4.76. The molecule has 0 aromatic carbocycles. The number of rotatable bonds is 13. The van der Waals surface area contributed by atoms with Crippen LogP contribution in [0.1, 0.15) is 78.1 Å². The van der Waals surface area contributed by atoms with Crippen LogP contribution in [0.3, 0.4) is 0 Å². The van der Waals surface area contributed by atoms with Crippen LogP contribution in [-0.2, 0) is 4.74 Å². The van der Waals surface area contributed by atoms with Gasteiger partial charge in [-0.25, -0.2) is 0 Å². The Morgan fingerprint density at radius 1 is 0.833 bits per heavy atom. The molecule has 0 unspecified atom stereocenters. The molecular formula is C15H30O2Se. The molecule has 0 saturated carbocycles. The van der Waals surface area contributed by atoms with Gasteiger partial charge in [0.2, 0.25) is 0 Å². The van der Waals surface area contributed by atoms with E-state index in [0.717, 1.165) is 5.32 Å². The van der Waals surface area contributed by atoms with Crippen LogP contribution in [0.4, 0.5) is 4.79 Å². The zero-order valence-corrected chi connectivity index (χ0v) is 13.9. The van der Waals surface area contributed by atoms with Crippen LogP contribution in [0.15, 0.2) is 0 Å². The summed E-state index contributed by atoms with van der Waals surface area (Å²) in [6.07, 6.45) is 13.6. The van der Waals surface area contributed by atoms with Crippen molar-refractivity contribution in [2.75, 3.05) is 6.61 Å². The van der Waals surface area contributed by atoms with Gasteiger partial charge < -0.3 is 0 Å². The third-order valence-electron chi connectivity index (χ3n) is 2.98. The first-order valence-electron chi connectivity index (χ1n) is 7.60. The number of hydrogen-bond acceptors (Lipinski definition) is 2. The molecule has 2 nitrogen and oxygen atoms in total. The number of carbonyl (C=O) groups is 1. The molecule has 0 saturated heterocycles. The van der Waals surface area contributed by atoms with E-state index in [1.165, 1.54) is 64.2 Å². The summed E-state index contributed by atoms with van der Waals surface area (Å²) in [4.78, 5) is 11.1. The van der Waals surface area contributed by atoms with Crippen molar-refractivity contribution >= 4 is 19.8 Å². The van der Waals surface area contributed by atoms with E-state index in [1.807, 2.05) is 6.92 Å². The second kappa shape index (κ2) is 15.0. The van der Waals surface area contributed by atoms with Crippen molar-refractivity contribution in [3.8, 4) is 0 Å². The molecule has 0 bridgehead atoms. The molecule has 0 radical (unpaired) electrons. The molecule has 0 aliphatic carbocycles. The van der Waals surface area contributed by atoms with E-state index >= 15 is 0 Å². The van der Waals surface area contributed by atoms with Gasteiger partial charge in [0.1, 0.15) is 0 Å². The molecule has 0 aromatic heterocycles. The molecule has 0 fully saturated rings. The molecule has 108 valence electrons. The fraction of sp³-hybridized carbons (Fsp3) is 0.933. The summed E-state index contributed by atoms with van der Waals surface area (Å²) < 4.78 is 4.92. The predicted octanol–water partition coefficient (Wildman–Crippen LogP) is 5.19.